The van der Waals surface area contributed by atoms with Crippen LogP contribution in [0.4, 0.5) is 0 Å². The Morgan fingerprint density at radius 2 is 1.88 bits per heavy atom. The molecule has 0 amide bonds. The van der Waals surface area contributed by atoms with Gasteiger partial charge in [-0.1, -0.05) is 32.1 Å². The molecule has 0 spiro atoms. The van der Waals surface area contributed by atoms with Gasteiger partial charge in [-0.15, -0.1) is 5.10 Å². The van der Waals surface area contributed by atoms with E-state index in [1.807, 2.05) is 0 Å². The zero-order valence-electron chi connectivity index (χ0n) is 19.3. The molecule has 1 saturated carbocycles. The number of likely N-dealkylation sites (tertiary alicyclic amines) is 1. The molecule has 1 saturated heterocycles. The highest BCUT2D eigenvalue weighted by Gasteiger charge is 2.26. The fourth-order valence-electron chi connectivity index (χ4n) is 5.57. The van der Waals surface area contributed by atoms with Crippen molar-refractivity contribution in [3.05, 3.63) is 50.9 Å². The summed E-state index contributed by atoms with van der Waals surface area (Å²) in [5.74, 6) is 2.45. The summed E-state index contributed by atoms with van der Waals surface area (Å²) in [6.07, 6.45) is 10.4. The van der Waals surface area contributed by atoms with Crippen molar-refractivity contribution in [3.8, 4) is 11.4 Å². The van der Waals surface area contributed by atoms with Crippen LogP contribution >= 0.6 is 0 Å². The maximum absolute atomic E-state index is 12.9. The van der Waals surface area contributed by atoms with Crippen LogP contribution in [-0.2, 0) is 0 Å². The van der Waals surface area contributed by atoms with Crippen molar-refractivity contribution < 1.29 is 4.74 Å². The zero-order valence-corrected chi connectivity index (χ0v) is 19.3. The summed E-state index contributed by atoms with van der Waals surface area (Å²) >= 11 is 0. The summed E-state index contributed by atoms with van der Waals surface area (Å²) in [5.41, 5.74) is 0.558. The van der Waals surface area contributed by atoms with Crippen LogP contribution in [-0.4, -0.2) is 51.4 Å². The maximum Gasteiger partial charge on any atom is 0.348 e. The minimum Gasteiger partial charge on any atom is -0.496 e. The SMILES string of the molecule is COc1ccc(-n2nc([C@H]3CCCN(CCC4CCCCC4)C3)[nH]c2=O)c2[nH]c(=O)ccc12. The number of methoxy groups -OCH3 is 1. The van der Waals surface area contributed by atoms with E-state index in [-0.39, 0.29) is 17.2 Å². The number of ether oxygens (including phenoxy) is 1. The van der Waals surface area contributed by atoms with E-state index in [4.69, 9.17) is 4.74 Å². The van der Waals surface area contributed by atoms with Crippen LogP contribution in [0.1, 0.15) is 63.1 Å². The van der Waals surface area contributed by atoms with Gasteiger partial charge in [0.25, 0.3) is 0 Å². The van der Waals surface area contributed by atoms with E-state index >= 15 is 0 Å². The van der Waals surface area contributed by atoms with Crippen LogP contribution < -0.4 is 16.0 Å². The third-order valence-corrected chi connectivity index (χ3v) is 7.39. The number of rotatable bonds is 6. The minimum absolute atomic E-state index is 0.211. The summed E-state index contributed by atoms with van der Waals surface area (Å²) in [7, 11) is 1.58. The van der Waals surface area contributed by atoms with E-state index in [1.165, 1.54) is 49.3 Å². The summed E-state index contributed by atoms with van der Waals surface area (Å²) < 4.78 is 6.79. The van der Waals surface area contributed by atoms with Crippen molar-refractivity contribution in [2.75, 3.05) is 26.7 Å². The van der Waals surface area contributed by atoms with Gasteiger partial charge in [0.1, 0.15) is 11.6 Å². The predicted molar refractivity (Wildman–Crippen MR) is 128 cm³/mol. The van der Waals surface area contributed by atoms with Gasteiger partial charge in [-0.25, -0.2) is 4.79 Å². The Morgan fingerprint density at radius 3 is 2.70 bits per heavy atom. The second-order valence-corrected chi connectivity index (χ2v) is 9.56. The third-order valence-electron chi connectivity index (χ3n) is 7.39. The summed E-state index contributed by atoms with van der Waals surface area (Å²) in [6.45, 7) is 3.19. The highest BCUT2D eigenvalue weighted by Crippen LogP contribution is 2.30. The highest BCUT2D eigenvalue weighted by molar-refractivity contribution is 5.91. The standard InChI is InChI=1S/C25H33N5O3/c1-33-21-11-10-20(23-19(21)9-12-22(31)26-23)30-25(32)27-24(28-30)18-8-5-14-29(16-18)15-13-17-6-3-2-4-7-17/h9-12,17-18H,2-8,13-16H2,1H3,(H,26,31)(H,27,28,32)/t18-/m0/s1. The highest BCUT2D eigenvalue weighted by atomic mass is 16.5. The molecule has 1 aromatic carbocycles. The fourth-order valence-corrected chi connectivity index (χ4v) is 5.57. The maximum atomic E-state index is 12.9. The Labute approximate surface area is 193 Å². The average Bonchev–Trinajstić information content (AvgIpc) is 3.24. The van der Waals surface area contributed by atoms with Crippen LogP contribution in [0.5, 0.6) is 5.75 Å². The Hall–Kier alpha value is -2.87. The number of benzene rings is 1. The first-order valence-electron chi connectivity index (χ1n) is 12.2. The van der Waals surface area contributed by atoms with Crippen LogP contribution in [0.3, 0.4) is 0 Å². The molecule has 2 fully saturated rings. The quantitative estimate of drug-likeness (QED) is 0.597. The largest absolute Gasteiger partial charge is 0.496 e. The van der Waals surface area contributed by atoms with Gasteiger partial charge in [-0.2, -0.15) is 4.68 Å². The summed E-state index contributed by atoms with van der Waals surface area (Å²) in [5, 5.41) is 5.42. The van der Waals surface area contributed by atoms with Crippen molar-refractivity contribution >= 4 is 10.9 Å². The fraction of sp³-hybridized carbons (Fsp3) is 0.560. The zero-order chi connectivity index (χ0) is 22.8. The lowest BCUT2D eigenvalue weighted by molar-refractivity contribution is 0.182. The van der Waals surface area contributed by atoms with Crippen molar-refractivity contribution in [3.63, 3.8) is 0 Å². The van der Waals surface area contributed by atoms with Crippen LogP contribution in [0.15, 0.2) is 33.9 Å². The van der Waals surface area contributed by atoms with E-state index < -0.39 is 0 Å². The van der Waals surface area contributed by atoms with E-state index in [1.54, 1.807) is 25.3 Å². The lowest BCUT2D eigenvalue weighted by Crippen LogP contribution is -2.36. The molecule has 3 aromatic rings. The molecule has 8 heteroatoms. The van der Waals surface area contributed by atoms with Crippen molar-refractivity contribution in [1.29, 1.82) is 0 Å². The molecule has 1 atom stereocenters. The first kappa shape index (κ1) is 21.9. The number of piperidine rings is 1. The molecule has 1 aliphatic heterocycles. The number of nitrogens with zero attached hydrogens (tertiary/aromatic N) is 3. The molecule has 8 nitrogen and oxygen atoms in total. The molecule has 5 rings (SSSR count). The number of hydrogen-bond donors (Lipinski definition) is 2. The van der Waals surface area contributed by atoms with Gasteiger partial charge < -0.3 is 14.6 Å². The molecule has 2 N–H and O–H groups in total. The first-order valence-corrected chi connectivity index (χ1v) is 12.2. The van der Waals surface area contributed by atoms with Crippen LogP contribution in [0.25, 0.3) is 16.6 Å². The molecule has 0 radical (unpaired) electrons. The normalized spacial score (nSPS) is 20.3. The Bertz CT molecular complexity index is 1220. The molecule has 1 aliphatic carbocycles. The lowest BCUT2D eigenvalue weighted by atomic mass is 9.86. The topological polar surface area (TPSA) is 96.0 Å². The molecule has 3 heterocycles. The summed E-state index contributed by atoms with van der Waals surface area (Å²) in [4.78, 5) is 33.3. The molecule has 176 valence electrons. The van der Waals surface area contributed by atoms with Crippen LogP contribution in [0, 0.1) is 5.92 Å². The van der Waals surface area contributed by atoms with Gasteiger partial charge >= 0.3 is 5.69 Å². The number of aromatic amines is 2. The van der Waals surface area contributed by atoms with Gasteiger partial charge in [0.05, 0.1) is 18.3 Å². The number of pyridine rings is 1. The molecule has 2 aliphatic rings. The number of nitrogens with one attached hydrogen (secondary N) is 2. The molecular formula is C25H33N5O3. The van der Waals surface area contributed by atoms with Crippen molar-refractivity contribution in [1.82, 2.24) is 24.6 Å². The van der Waals surface area contributed by atoms with E-state index in [0.29, 0.717) is 17.0 Å². The number of aromatic nitrogens is 4. The minimum atomic E-state index is -0.291. The van der Waals surface area contributed by atoms with Crippen LogP contribution in [0.2, 0.25) is 0 Å². The van der Waals surface area contributed by atoms with E-state index in [0.717, 1.165) is 49.6 Å². The van der Waals surface area contributed by atoms with Gasteiger partial charge in [0.2, 0.25) is 5.56 Å². The second-order valence-electron chi connectivity index (χ2n) is 9.56. The second kappa shape index (κ2) is 9.55. The summed E-state index contributed by atoms with van der Waals surface area (Å²) in [6, 6.07) is 6.72. The molecule has 0 unspecified atom stereocenters. The number of hydrogen-bond acceptors (Lipinski definition) is 5. The van der Waals surface area contributed by atoms with Crippen molar-refractivity contribution in [2.24, 2.45) is 5.92 Å². The lowest BCUT2D eigenvalue weighted by Gasteiger charge is -2.33. The monoisotopic (exact) mass is 451 g/mol. The molecule has 0 bridgehead atoms. The predicted octanol–water partition coefficient (Wildman–Crippen LogP) is 3.56. The third kappa shape index (κ3) is 4.62. The van der Waals surface area contributed by atoms with Crippen molar-refractivity contribution in [2.45, 2.75) is 57.3 Å². The Balaban J connectivity index is 1.37. The van der Waals surface area contributed by atoms with Gasteiger partial charge in [0, 0.05) is 23.9 Å². The molecule has 33 heavy (non-hydrogen) atoms. The van der Waals surface area contributed by atoms with E-state index in [2.05, 4.69) is 20.0 Å². The van der Waals surface area contributed by atoms with Gasteiger partial charge in [-0.05, 0) is 56.5 Å². The van der Waals surface area contributed by atoms with E-state index in [9.17, 15) is 9.59 Å². The Morgan fingerprint density at radius 1 is 1.03 bits per heavy atom. The molecule has 2 aromatic heterocycles. The smallest absolute Gasteiger partial charge is 0.348 e. The number of H-pyrrole nitrogens is 2. The first-order chi connectivity index (χ1) is 16.1. The Kier molecular flexibility index (Phi) is 6.35. The average molecular weight is 452 g/mol. The van der Waals surface area contributed by atoms with Gasteiger partial charge in [0.15, 0.2) is 0 Å². The number of fused-ring (bicyclic) bond motifs is 1. The van der Waals surface area contributed by atoms with Gasteiger partial charge in [-0.3, -0.25) is 9.78 Å². The molecular weight excluding hydrogens is 418 g/mol.